The molecule has 0 spiro atoms. The average molecular weight is 479 g/mol. The molecule has 2 aromatic carbocycles. The summed E-state index contributed by atoms with van der Waals surface area (Å²) in [7, 11) is 0. The molecule has 7 heteroatoms. The molecule has 2 heterocycles. The molecule has 0 saturated carbocycles. The summed E-state index contributed by atoms with van der Waals surface area (Å²) >= 11 is 1.64. The van der Waals surface area contributed by atoms with Crippen molar-refractivity contribution in [2.45, 2.75) is 40.3 Å². The number of thiophene rings is 1. The number of benzene rings is 2. The van der Waals surface area contributed by atoms with Crippen molar-refractivity contribution >= 4 is 23.2 Å². The Hall–Kier alpha value is -3.32. The Labute approximate surface area is 204 Å². The lowest BCUT2D eigenvalue weighted by Gasteiger charge is -2.28. The molecule has 0 radical (unpaired) electrons. The van der Waals surface area contributed by atoms with E-state index < -0.39 is 0 Å². The quantitative estimate of drug-likeness (QED) is 0.426. The fourth-order valence-corrected chi connectivity index (χ4v) is 4.82. The molecule has 0 fully saturated rings. The van der Waals surface area contributed by atoms with Crippen molar-refractivity contribution in [3.8, 4) is 11.5 Å². The molecule has 6 nitrogen and oxygen atoms in total. The van der Waals surface area contributed by atoms with Gasteiger partial charge >= 0.3 is 0 Å². The number of aryl methyl sites for hydroxylation is 2. The third kappa shape index (κ3) is 5.59. The van der Waals surface area contributed by atoms with E-state index in [-0.39, 0.29) is 25.2 Å². The Balaban J connectivity index is 1.54. The van der Waals surface area contributed by atoms with Crippen LogP contribution in [0.2, 0.25) is 0 Å². The molecular formula is C27H30N2O4S. The first kappa shape index (κ1) is 23.8. The average Bonchev–Trinajstić information content (AvgIpc) is 3.46. The van der Waals surface area contributed by atoms with Crippen molar-refractivity contribution in [3.63, 3.8) is 0 Å². The molecule has 1 aliphatic rings. The van der Waals surface area contributed by atoms with Crippen LogP contribution in [0.15, 0.2) is 53.9 Å². The molecule has 34 heavy (non-hydrogen) atoms. The predicted molar refractivity (Wildman–Crippen MR) is 133 cm³/mol. The Morgan fingerprint density at radius 3 is 2.41 bits per heavy atom. The number of ether oxygens (including phenoxy) is 2. The van der Waals surface area contributed by atoms with Crippen LogP contribution in [0.25, 0.3) is 0 Å². The number of carbonyl (C=O) groups is 2. The van der Waals surface area contributed by atoms with Gasteiger partial charge in [-0.15, -0.1) is 11.3 Å². The van der Waals surface area contributed by atoms with E-state index >= 15 is 0 Å². The van der Waals surface area contributed by atoms with Gasteiger partial charge in [0, 0.05) is 23.5 Å². The molecule has 0 saturated heterocycles. The van der Waals surface area contributed by atoms with Crippen molar-refractivity contribution in [1.82, 2.24) is 9.80 Å². The SMILES string of the molecule is CCCN(CC(=O)N(Cc1ccc2c(c1)OCO2)Cc1sccc1C)C(=O)c1ccc(C)cc1. The van der Waals surface area contributed by atoms with Gasteiger partial charge in [-0.1, -0.05) is 30.7 Å². The Morgan fingerprint density at radius 2 is 1.71 bits per heavy atom. The van der Waals surface area contributed by atoms with E-state index in [1.807, 2.05) is 66.6 Å². The number of fused-ring (bicyclic) bond motifs is 1. The summed E-state index contributed by atoms with van der Waals surface area (Å²) in [5.41, 5.74) is 3.81. The highest BCUT2D eigenvalue weighted by Gasteiger charge is 2.24. The molecule has 4 rings (SSSR count). The van der Waals surface area contributed by atoms with Crippen LogP contribution in [-0.4, -0.2) is 41.5 Å². The lowest BCUT2D eigenvalue weighted by Crippen LogP contribution is -2.42. The van der Waals surface area contributed by atoms with Gasteiger partial charge < -0.3 is 19.3 Å². The molecule has 0 bridgehead atoms. The second-order valence-electron chi connectivity index (χ2n) is 8.56. The normalized spacial score (nSPS) is 12.0. The van der Waals surface area contributed by atoms with Crippen LogP contribution in [-0.2, 0) is 17.9 Å². The van der Waals surface area contributed by atoms with Crippen molar-refractivity contribution in [3.05, 3.63) is 81.0 Å². The van der Waals surface area contributed by atoms with Gasteiger partial charge in [0.2, 0.25) is 12.7 Å². The van der Waals surface area contributed by atoms with Crippen LogP contribution in [0.5, 0.6) is 11.5 Å². The van der Waals surface area contributed by atoms with Crippen LogP contribution in [0.4, 0.5) is 0 Å². The summed E-state index contributed by atoms with van der Waals surface area (Å²) in [5, 5.41) is 2.04. The van der Waals surface area contributed by atoms with Gasteiger partial charge in [-0.25, -0.2) is 0 Å². The predicted octanol–water partition coefficient (Wildman–Crippen LogP) is 5.17. The monoisotopic (exact) mass is 478 g/mol. The van der Waals surface area contributed by atoms with Gasteiger partial charge in [0.05, 0.1) is 6.54 Å². The molecule has 2 amide bonds. The van der Waals surface area contributed by atoms with Gasteiger partial charge in [0.1, 0.15) is 6.54 Å². The number of amides is 2. The Kier molecular flexibility index (Phi) is 7.53. The largest absolute Gasteiger partial charge is 0.454 e. The fraction of sp³-hybridized carbons (Fsp3) is 0.333. The van der Waals surface area contributed by atoms with Gasteiger partial charge in [0.15, 0.2) is 11.5 Å². The first-order valence-electron chi connectivity index (χ1n) is 11.5. The van der Waals surface area contributed by atoms with E-state index in [2.05, 4.69) is 13.0 Å². The van der Waals surface area contributed by atoms with E-state index in [1.54, 1.807) is 16.2 Å². The van der Waals surface area contributed by atoms with Crippen molar-refractivity contribution in [2.24, 2.45) is 0 Å². The Morgan fingerprint density at radius 1 is 0.941 bits per heavy atom. The summed E-state index contributed by atoms with van der Waals surface area (Å²) in [4.78, 5) is 31.4. The summed E-state index contributed by atoms with van der Waals surface area (Å²) in [6, 6.07) is 15.3. The minimum Gasteiger partial charge on any atom is -0.454 e. The van der Waals surface area contributed by atoms with E-state index in [0.29, 0.717) is 36.7 Å². The van der Waals surface area contributed by atoms with Crippen molar-refractivity contribution in [2.75, 3.05) is 19.9 Å². The van der Waals surface area contributed by atoms with Gasteiger partial charge in [-0.2, -0.15) is 0 Å². The fourth-order valence-electron chi connectivity index (χ4n) is 3.90. The van der Waals surface area contributed by atoms with Crippen LogP contribution in [0.1, 0.15) is 45.3 Å². The molecule has 0 aliphatic carbocycles. The molecule has 1 aliphatic heterocycles. The minimum absolute atomic E-state index is 0.0372. The van der Waals surface area contributed by atoms with Crippen molar-refractivity contribution < 1.29 is 19.1 Å². The smallest absolute Gasteiger partial charge is 0.254 e. The maximum atomic E-state index is 13.6. The zero-order valence-corrected chi connectivity index (χ0v) is 20.7. The second kappa shape index (κ2) is 10.7. The van der Waals surface area contributed by atoms with E-state index in [1.165, 1.54) is 0 Å². The van der Waals surface area contributed by atoms with Crippen LogP contribution < -0.4 is 9.47 Å². The molecular weight excluding hydrogens is 448 g/mol. The first-order chi connectivity index (χ1) is 16.4. The van der Waals surface area contributed by atoms with E-state index in [0.717, 1.165) is 28.0 Å². The summed E-state index contributed by atoms with van der Waals surface area (Å²) in [6.45, 7) is 7.74. The maximum Gasteiger partial charge on any atom is 0.254 e. The van der Waals surface area contributed by atoms with Gasteiger partial charge in [-0.05, 0) is 67.1 Å². The molecule has 0 atom stereocenters. The number of carbonyl (C=O) groups excluding carboxylic acids is 2. The van der Waals surface area contributed by atoms with Crippen molar-refractivity contribution in [1.29, 1.82) is 0 Å². The standard InChI is InChI=1S/C27H30N2O4S/c1-4-12-28(27(31)22-8-5-19(2)6-9-22)17-26(30)29(16-25-20(3)11-13-34-25)15-21-7-10-23-24(14-21)33-18-32-23/h5-11,13-14H,4,12,15-18H2,1-3H3. The molecule has 0 N–H and O–H groups in total. The highest BCUT2D eigenvalue weighted by atomic mass is 32.1. The molecule has 3 aromatic rings. The minimum atomic E-state index is -0.120. The van der Waals surface area contributed by atoms with Crippen LogP contribution in [0.3, 0.4) is 0 Å². The third-order valence-electron chi connectivity index (χ3n) is 5.87. The number of hydrogen-bond donors (Lipinski definition) is 0. The highest BCUT2D eigenvalue weighted by Crippen LogP contribution is 2.33. The Bertz CT molecular complexity index is 1160. The number of nitrogens with zero attached hydrogens (tertiary/aromatic N) is 2. The maximum absolute atomic E-state index is 13.6. The zero-order valence-electron chi connectivity index (χ0n) is 19.9. The van der Waals surface area contributed by atoms with Crippen LogP contribution >= 0.6 is 11.3 Å². The molecule has 0 unspecified atom stereocenters. The summed E-state index contributed by atoms with van der Waals surface area (Å²) < 4.78 is 10.9. The summed E-state index contributed by atoms with van der Waals surface area (Å²) in [6.07, 6.45) is 0.775. The topological polar surface area (TPSA) is 59.1 Å². The van der Waals surface area contributed by atoms with E-state index in [4.69, 9.17) is 9.47 Å². The lowest BCUT2D eigenvalue weighted by molar-refractivity contribution is -0.133. The zero-order chi connectivity index (χ0) is 24.1. The van der Waals surface area contributed by atoms with Gasteiger partial charge in [0.25, 0.3) is 5.91 Å². The highest BCUT2D eigenvalue weighted by molar-refractivity contribution is 7.10. The third-order valence-corrected chi connectivity index (χ3v) is 6.88. The second-order valence-corrected chi connectivity index (χ2v) is 9.56. The van der Waals surface area contributed by atoms with Crippen LogP contribution in [0, 0.1) is 13.8 Å². The molecule has 178 valence electrons. The number of hydrogen-bond acceptors (Lipinski definition) is 5. The van der Waals surface area contributed by atoms with E-state index in [9.17, 15) is 9.59 Å². The lowest BCUT2D eigenvalue weighted by atomic mass is 10.1. The van der Waals surface area contributed by atoms with Gasteiger partial charge in [-0.3, -0.25) is 9.59 Å². The molecule has 1 aromatic heterocycles. The first-order valence-corrected chi connectivity index (χ1v) is 12.4. The number of rotatable bonds is 9. The summed E-state index contributed by atoms with van der Waals surface area (Å²) in [5.74, 6) is 1.21.